The Kier molecular flexibility index (Phi) is 5.48. The van der Waals surface area contributed by atoms with Crippen LogP contribution in [0, 0.1) is 0 Å². The molecule has 2 aromatic rings. The highest BCUT2D eigenvalue weighted by atomic mass is 35.5. The van der Waals surface area contributed by atoms with Crippen molar-refractivity contribution in [2.24, 2.45) is 0 Å². The van der Waals surface area contributed by atoms with Gasteiger partial charge >= 0.3 is 0 Å². The van der Waals surface area contributed by atoms with E-state index in [4.69, 9.17) is 9.47 Å². The normalized spacial score (nSPS) is 17.1. The first-order chi connectivity index (χ1) is 9.85. The number of nitrogens with one attached hydrogen (secondary N) is 1. The van der Waals surface area contributed by atoms with E-state index in [-0.39, 0.29) is 12.4 Å². The summed E-state index contributed by atoms with van der Waals surface area (Å²) in [7, 11) is 1.66. The Hall–Kier alpha value is -1.71. The summed E-state index contributed by atoms with van der Waals surface area (Å²) in [5, 5.41) is 3.50. The third kappa shape index (κ3) is 3.90. The fourth-order valence-corrected chi connectivity index (χ4v) is 2.52. The Morgan fingerprint density at radius 2 is 1.48 bits per heavy atom. The van der Waals surface area contributed by atoms with Gasteiger partial charge in [-0.05, 0) is 61.3 Å². The van der Waals surface area contributed by atoms with Crippen molar-refractivity contribution in [3.05, 3.63) is 54.1 Å². The molecule has 21 heavy (non-hydrogen) atoms. The molecule has 112 valence electrons. The van der Waals surface area contributed by atoms with Crippen molar-refractivity contribution in [3.8, 4) is 17.2 Å². The molecule has 3 rings (SSSR count). The largest absolute Gasteiger partial charge is 0.497 e. The molecule has 0 amide bonds. The van der Waals surface area contributed by atoms with Crippen LogP contribution in [-0.2, 0) is 0 Å². The smallest absolute Gasteiger partial charge is 0.127 e. The molecule has 1 N–H and O–H groups in total. The first kappa shape index (κ1) is 15.7. The van der Waals surface area contributed by atoms with Crippen molar-refractivity contribution in [1.29, 1.82) is 0 Å². The highest BCUT2D eigenvalue weighted by Gasteiger charge is 2.15. The average Bonchev–Trinajstić information content (AvgIpc) is 3.03. The standard InChI is InChI=1S/C17H19NO2.ClH/c1-19-14-8-10-16(11-9-14)20-15-6-4-13(5-7-15)17-3-2-12-18-17;/h4-11,17-18H,2-3,12H2,1H3;1H. The van der Waals surface area contributed by atoms with Gasteiger partial charge in [0.2, 0.25) is 0 Å². The van der Waals surface area contributed by atoms with E-state index in [0.29, 0.717) is 6.04 Å². The maximum absolute atomic E-state index is 5.82. The summed E-state index contributed by atoms with van der Waals surface area (Å²) in [5.74, 6) is 2.51. The van der Waals surface area contributed by atoms with E-state index < -0.39 is 0 Å². The second-order valence-corrected chi connectivity index (χ2v) is 5.00. The van der Waals surface area contributed by atoms with Gasteiger partial charge in [0.05, 0.1) is 7.11 Å². The number of hydrogen-bond donors (Lipinski definition) is 1. The molecule has 0 spiro atoms. The third-order valence-corrected chi connectivity index (χ3v) is 3.64. The van der Waals surface area contributed by atoms with Crippen molar-refractivity contribution in [2.45, 2.75) is 18.9 Å². The molecular weight excluding hydrogens is 286 g/mol. The highest BCUT2D eigenvalue weighted by molar-refractivity contribution is 5.85. The van der Waals surface area contributed by atoms with Crippen molar-refractivity contribution < 1.29 is 9.47 Å². The van der Waals surface area contributed by atoms with Crippen LogP contribution in [0.15, 0.2) is 48.5 Å². The number of ether oxygens (including phenoxy) is 2. The Bertz CT molecular complexity index is 548. The quantitative estimate of drug-likeness (QED) is 0.912. The van der Waals surface area contributed by atoms with Crippen LogP contribution in [0.25, 0.3) is 0 Å². The number of hydrogen-bond acceptors (Lipinski definition) is 3. The van der Waals surface area contributed by atoms with E-state index in [9.17, 15) is 0 Å². The summed E-state index contributed by atoms with van der Waals surface area (Å²) in [5.41, 5.74) is 1.34. The third-order valence-electron chi connectivity index (χ3n) is 3.64. The topological polar surface area (TPSA) is 30.5 Å². The number of rotatable bonds is 4. The van der Waals surface area contributed by atoms with Gasteiger partial charge in [-0.15, -0.1) is 12.4 Å². The summed E-state index contributed by atoms with van der Waals surface area (Å²) >= 11 is 0. The van der Waals surface area contributed by atoms with Crippen LogP contribution in [0.1, 0.15) is 24.4 Å². The van der Waals surface area contributed by atoms with Gasteiger partial charge in [0.1, 0.15) is 17.2 Å². The average molecular weight is 306 g/mol. The lowest BCUT2D eigenvalue weighted by atomic mass is 10.1. The first-order valence-electron chi connectivity index (χ1n) is 7.00. The number of halogens is 1. The van der Waals surface area contributed by atoms with Gasteiger partial charge in [0, 0.05) is 6.04 Å². The van der Waals surface area contributed by atoms with Gasteiger partial charge in [0.15, 0.2) is 0 Å². The Morgan fingerprint density at radius 3 is 2.00 bits per heavy atom. The van der Waals surface area contributed by atoms with Gasteiger partial charge in [-0.2, -0.15) is 0 Å². The summed E-state index contributed by atoms with van der Waals surface area (Å²) in [4.78, 5) is 0. The molecule has 0 radical (unpaired) electrons. The van der Waals surface area contributed by atoms with Gasteiger partial charge in [0.25, 0.3) is 0 Å². The zero-order valence-corrected chi connectivity index (χ0v) is 12.9. The zero-order chi connectivity index (χ0) is 13.8. The predicted octanol–water partition coefficient (Wildman–Crippen LogP) is 4.33. The van der Waals surface area contributed by atoms with E-state index >= 15 is 0 Å². The maximum Gasteiger partial charge on any atom is 0.127 e. The first-order valence-corrected chi connectivity index (χ1v) is 7.00. The Labute approximate surface area is 131 Å². The molecule has 2 aromatic carbocycles. The molecule has 4 heteroatoms. The molecule has 1 aliphatic rings. The van der Waals surface area contributed by atoms with Gasteiger partial charge in [-0.3, -0.25) is 0 Å². The minimum absolute atomic E-state index is 0. The van der Waals surface area contributed by atoms with Gasteiger partial charge in [-0.25, -0.2) is 0 Å². The van der Waals surface area contributed by atoms with E-state index in [2.05, 4.69) is 17.4 Å². The SMILES string of the molecule is COc1ccc(Oc2ccc(C3CCCN3)cc2)cc1.Cl. The lowest BCUT2D eigenvalue weighted by Crippen LogP contribution is -2.12. The number of methoxy groups -OCH3 is 1. The molecule has 0 aliphatic carbocycles. The van der Waals surface area contributed by atoms with E-state index in [1.54, 1.807) is 7.11 Å². The monoisotopic (exact) mass is 305 g/mol. The van der Waals surface area contributed by atoms with Crippen LogP contribution >= 0.6 is 12.4 Å². The summed E-state index contributed by atoms with van der Waals surface area (Å²) in [6, 6.07) is 16.4. The van der Waals surface area contributed by atoms with Crippen LogP contribution in [-0.4, -0.2) is 13.7 Å². The number of benzene rings is 2. The van der Waals surface area contributed by atoms with Crippen molar-refractivity contribution in [3.63, 3.8) is 0 Å². The summed E-state index contributed by atoms with van der Waals surface area (Å²) < 4.78 is 10.9. The lowest BCUT2D eigenvalue weighted by molar-refractivity contribution is 0.413. The van der Waals surface area contributed by atoms with Crippen molar-refractivity contribution in [2.75, 3.05) is 13.7 Å². The van der Waals surface area contributed by atoms with Crippen LogP contribution in [0.3, 0.4) is 0 Å². The van der Waals surface area contributed by atoms with Gasteiger partial charge in [-0.1, -0.05) is 12.1 Å². The molecule has 1 atom stereocenters. The molecule has 1 aliphatic heterocycles. The highest BCUT2D eigenvalue weighted by Crippen LogP contribution is 2.27. The summed E-state index contributed by atoms with van der Waals surface area (Å²) in [6.07, 6.45) is 2.48. The Morgan fingerprint density at radius 1 is 0.905 bits per heavy atom. The maximum atomic E-state index is 5.82. The molecule has 0 aromatic heterocycles. The molecule has 0 saturated carbocycles. The Balaban J connectivity index is 0.00000161. The molecule has 0 bridgehead atoms. The zero-order valence-electron chi connectivity index (χ0n) is 12.0. The molecule has 1 heterocycles. The lowest BCUT2D eigenvalue weighted by Gasteiger charge is -2.12. The second-order valence-electron chi connectivity index (χ2n) is 5.00. The minimum atomic E-state index is 0. The van der Waals surface area contributed by atoms with E-state index in [1.807, 2.05) is 36.4 Å². The fraction of sp³-hybridized carbons (Fsp3) is 0.294. The van der Waals surface area contributed by atoms with Crippen LogP contribution in [0.4, 0.5) is 0 Å². The predicted molar refractivity (Wildman–Crippen MR) is 86.7 cm³/mol. The van der Waals surface area contributed by atoms with E-state index in [1.165, 1.54) is 18.4 Å². The molecule has 1 unspecified atom stereocenters. The summed E-state index contributed by atoms with van der Waals surface area (Å²) in [6.45, 7) is 1.12. The van der Waals surface area contributed by atoms with Crippen LogP contribution in [0.2, 0.25) is 0 Å². The van der Waals surface area contributed by atoms with Crippen LogP contribution < -0.4 is 14.8 Å². The fourth-order valence-electron chi connectivity index (χ4n) is 2.52. The molecule has 3 nitrogen and oxygen atoms in total. The second kappa shape index (κ2) is 7.34. The van der Waals surface area contributed by atoms with Gasteiger partial charge < -0.3 is 14.8 Å². The van der Waals surface area contributed by atoms with Crippen molar-refractivity contribution in [1.82, 2.24) is 5.32 Å². The molecular formula is C17H20ClNO2. The van der Waals surface area contributed by atoms with E-state index in [0.717, 1.165) is 23.8 Å². The minimum Gasteiger partial charge on any atom is -0.497 e. The van der Waals surface area contributed by atoms with Crippen LogP contribution in [0.5, 0.6) is 17.2 Å². The molecule has 1 saturated heterocycles. The van der Waals surface area contributed by atoms with Crippen molar-refractivity contribution >= 4 is 12.4 Å². The molecule has 1 fully saturated rings.